The van der Waals surface area contributed by atoms with Crippen LogP contribution in [0.1, 0.15) is 129 Å². The SMILES string of the molecule is CCCCCCC/C=C\C/C=C\CCCCCCCCCCCC(=O)OC(CO)COC(C)=O. The summed E-state index contributed by atoms with van der Waals surface area (Å²) in [4.78, 5) is 22.6. The highest BCUT2D eigenvalue weighted by Gasteiger charge is 2.14. The van der Waals surface area contributed by atoms with Gasteiger partial charge < -0.3 is 14.6 Å². The van der Waals surface area contributed by atoms with Gasteiger partial charge in [0.25, 0.3) is 0 Å². The van der Waals surface area contributed by atoms with E-state index in [4.69, 9.17) is 14.6 Å². The summed E-state index contributed by atoms with van der Waals surface area (Å²) in [6.45, 7) is 3.11. The van der Waals surface area contributed by atoms with E-state index in [1.165, 1.54) is 90.4 Å². The first-order valence-electron chi connectivity index (χ1n) is 13.8. The van der Waals surface area contributed by atoms with E-state index in [0.29, 0.717) is 6.42 Å². The van der Waals surface area contributed by atoms with E-state index in [9.17, 15) is 9.59 Å². The van der Waals surface area contributed by atoms with Gasteiger partial charge in [-0.1, -0.05) is 102 Å². The second-order valence-electron chi connectivity index (χ2n) is 9.20. The van der Waals surface area contributed by atoms with E-state index >= 15 is 0 Å². The second kappa shape index (κ2) is 26.0. The molecule has 0 amide bonds. The Morgan fingerprint density at radius 2 is 1.24 bits per heavy atom. The maximum atomic E-state index is 11.8. The number of carbonyl (C=O) groups is 2. The van der Waals surface area contributed by atoms with Crippen LogP contribution in [0.5, 0.6) is 0 Å². The van der Waals surface area contributed by atoms with Crippen molar-refractivity contribution in [1.82, 2.24) is 0 Å². The number of carbonyl (C=O) groups excluding carboxylic acids is 2. The minimum absolute atomic E-state index is 0.0927. The van der Waals surface area contributed by atoms with Crippen molar-refractivity contribution in [3.05, 3.63) is 24.3 Å². The number of esters is 2. The summed E-state index contributed by atoms with van der Waals surface area (Å²) in [6.07, 6.45) is 29.8. The first-order valence-corrected chi connectivity index (χ1v) is 13.8. The van der Waals surface area contributed by atoms with Crippen molar-refractivity contribution >= 4 is 11.9 Å². The molecule has 0 aliphatic rings. The zero-order chi connectivity index (χ0) is 25.1. The van der Waals surface area contributed by atoms with Gasteiger partial charge in [0.15, 0.2) is 6.10 Å². The summed E-state index contributed by atoms with van der Waals surface area (Å²) in [5, 5.41) is 9.16. The van der Waals surface area contributed by atoms with Crippen LogP contribution in [0, 0.1) is 0 Å². The van der Waals surface area contributed by atoms with Gasteiger partial charge in [-0.3, -0.25) is 9.59 Å². The molecule has 0 saturated heterocycles. The Balaban J connectivity index is 3.38. The summed E-state index contributed by atoms with van der Waals surface area (Å²) >= 11 is 0. The molecule has 0 heterocycles. The number of aliphatic hydroxyl groups excluding tert-OH is 1. The molecule has 0 saturated carbocycles. The molecule has 0 aromatic heterocycles. The topological polar surface area (TPSA) is 72.8 Å². The van der Waals surface area contributed by atoms with Crippen LogP contribution in [0.15, 0.2) is 24.3 Å². The van der Waals surface area contributed by atoms with Crippen LogP contribution >= 0.6 is 0 Å². The molecule has 0 aliphatic heterocycles. The molecule has 0 radical (unpaired) electrons. The highest BCUT2D eigenvalue weighted by molar-refractivity contribution is 5.69. The largest absolute Gasteiger partial charge is 0.462 e. The molecule has 0 rings (SSSR count). The zero-order valence-electron chi connectivity index (χ0n) is 22.1. The van der Waals surface area contributed by atoms with Gasteiger partial charge in [0.05, 0.1) is 6.61 Å². The summed E-state index contributed by atoms with van der Waals surface area (Å²) < 4.78 is 9.88. The summed E-state index contributed by atoms with van der Waals surface area (Å²) in [5.74, 6) is -0.789. The Hall–Kier alpha value is -1.62. The predicted molar refractivity (Wildman–Crippen MR) is 141 cm³/mol. The first kappa shape index (κ1) is 32.4. The molecule has 198 valence electrons. The van der Waals surface area contributed by atoms with Gasteiger partial charge in [-0.25, -0.2) is 0 Å². The number of allylic oxidation sites excluding steroid dienone is 4. The summed E-state index contributed by atoms with van der Waals surface area (Å²) in [5.41, 5.74) is 0. The van der Waals surface area contributed by atoms with Gasteiger partial charge in [0.1, 0.15) is 6.61 Å². The van der Waals surface area contributed by atoms with E-state index in [0.717, 1.165) is 25.7 Å². The lowest BCUT2D eigenvalue weighted by Gasteiger charge is -2.15. The van der Waals surface area contributed by atoms with Gasteiger partial charge in [-0.15, -0.1) is 0 Å². The van der Waals surface area contributed by atoms with Crippen molar-refractivity contribution in [2.45, 2.75) is 136 Å². The molecule has 0 aliphatic carbocycles. The average Bonchev–Trinajstić information content (AvgIpc) is 2.82. The predicted octanol–water partition coefficient (Wildman–Crippen LogP) is 7.61. The van der Waals surface area contributed by atoms with Crippen LogP contribution in [-0.4, -0.2) is 36.4 Å². The number of unbranched alkanes of at least 4 members (excludes halogenated alkanes) is 14. The third kappa shape index (κ3) is 25.0. The fraction of sp³-hybridized carbons (Fsp3) is 0.793. The molecule has 5 nitrogen and oxygen atoms in total. The van der Waals surface area contributed by atoms with Crippen LogP contribution in [0.4, 0.5) is 0 Å². The van der Waals surface area contributed by atoms with E-state index in [2.05, 4.69) is 31.2 Å². The molecule has 0 aromatic rings. The van der Waals surface area contributed by atoms with Crippen LogP contribution in [-0.2, 0) is 19.1 Å². The smallest absolute Gasteiger partial charge is 0.306 e. The van der Waals surface area contributed by atoms with Crippen molar-refractivity contribution < 1.29 is 24.2 Å². The summed E-state index contributed by atoms with van der Waals surface area (Å²) in [6, 6.07) is 0. The highest BCUT2D eigenvalue weighted by atomic mass is 16.6. The average molecular weight is 481 g/mol. The van der Waals surface area contributed by atoms with Crippen LogP contribution < -0.4 is 0 Å². The molecule has 5 heteroatoms. The minimum atomic E-state index is -0.765. The monoisotopic (exact) mass is 480 g/mol. The van der Waals surface area contributed by atoms with E-state index in [1.54, 1.807) is 0 Å². The van der Waals surface area contributed by atoms with Gasteiger partial charge in [0, 0.05) is 13.3 Å². The third-order valence-electron chi connectivity index (χ3n) is 5.81. The van der Waals surface area contributed by atoms with Gasteiger partial charge in [-0.2, -0.15) is 0 Å². The number of rotatable bonds is 24. The van der Waals surface area contributed by atoms with E-state index in [1.807, 2.05) is 0 Å². The van der Waals surface area contributed by atoms with Crippen molar-refractivity contribution in [3.63, 3.8) is 0 Å². The first-order chi connectivity index (χ1) is 16.6. The van der Waals surface area contributed by atoms with Crippen molar-refractivity contribution in [2.75, 3.05) is 13.2 Å². The van der Waals surface area contributed by atoms with Crippen LogP contribution in [0.25, 0.3) is 0 Å². The van der Waals surface area contributed by atoms with Gasteiger partial charge >= 0.3 is 11.9 Å². The number of ether oxygens (including phenoxy) is 2. The molecule has 0 fully saturated rings. The Morgan fingerprint density at radius 1 is 0.735 bits per heavy atom. The molecule has 1 atom stereocenters. The molecule has 1 unspecified atom stereocenters. The fourth-order valence-electron chi connectivity index (χ4n) is 3.72. The quantitative estimate of drug-likeness (QED) is 0.0874. The van der Waals surface area contributed by atoms with E-state index < -0.39 is 12.1 Å². The van der Waals surface area contributed by atoms with Crippen LogP contribution in [0.2, 0.25) is 0 Å². The maximum absolute atomic E-state index is 11.8. The van der Waals surface area contributed by atoms with Crippen molar-refractivity contribution in [2.24, 2.45) is 0 Å². The number of aliphatic hydroxyl groups is 1. The molecule has 1 N–H and O–H groups in total. The lowest BCUT2D eigenvalue weighted by molar-refractivity contribution is -0.160. The van der Waals surface area contributed by atoms with E-state index in [-0.39, 0.29) is 19.2 Å². The molecule has 0 spiro atoms. The van der Waals surface area contributed by atoms with Gasteiger partial charge in [0.2, 0.25) is 0 Å². The normalized spacial score (nSPS) is 12.4. The Labute approximate surface area is 209 Å². The Kier molecular flexibility index (Phi) is 24.8. The standard InChI is InChI=1S/C29H52O5/c1-3-4-5-6-7-8-9-10-11-12-13-14-15-16-17-18-19-20-21-22-23-24-29(32)34-28(25-30)26-33-27(2)31/h9-10,12-13,28,30H,3-8,11,14-26H2,1-2H3/b10-9-,13-12-. The zero-order valence-corrected chi connectivity index (χ0v) is 22.1. The lowest BCUT2D eigenvalue weighted by atomic mass is 10.1. The molecule has 34 heavy (non-hydrogen) atoms. The second-order valence-corrected chi connectivity index (χ2v) is 9.20. The molecular weight excluding hydrogens is 428 g/mol. The third-order valence-corrected chi connectivity index (χ3v) is 5.81. The fourth-order valence-corrected chi connectivity index (χ4v) is 3.72. The lowest BCUT2D eigenvalue weighted by Crippen LogP contribution is -2.28. The number of hydrogen-bond donors (Lipinski definition) is 1. The highest BCUT2D eigenvalue weighted by Crippen LogP contribution is 2.12. The van der Waals surface area contributed by atoms with Gasteiger partial charge in [-0.05, 0) is 38.5 Å². The Morgan fingerprint density at radius 3 is 1.74 bits per heavy atom. The molecule has 0 aromatic carbocycles. The van der Waals surface area contributed by atoms with Crippen LogP contribution in [0.3, 0.4) is 0 Å². The van der Waals surface area contributed by atoms with Crippen molar-refractivity contribution in [1.29, 1.82) is 0 Å². The maximum Gasteiger partial charge on any atom is 0.306 e. The minimum Gasteiger partial charge on any atom is -0.462 e. The summed E-state index contributed by atoms with van der Waals surface area (Å²) in [7, 11) is 0. The van der Waals surface area contributed by atoms with Crippen molar-refractivity contribution in [3.8, 4) is 0 Å². The molecule has 0 bridgehead atoms. The Bertz CT molecular complexity index is 527. The molecular formula is C29H52O5. The number of hydrogen-bond acceptors (Lipinski definition) is 5.